The van der Waals surface area contributed by atoms with E-state index in [1.165, 1.54) is 14.0 Å². The summed E-state index contributed by atoms with van der Waals surface area (Å²) in [6, 6.07) is -0.910. The Balaban J connectivity index is 2.19. The van der Waals surface area contributed by atoms with E-state index in [-0.39, 0.29) is 37.3 Å². The summed E-state index contributed by atoms with van der Waals surface area (Å²) in [7, 11) is 7.03. The second kappa shape index (κ2) is 18.5. The van der Waals surface area contributed by atoms with Gasteiger partial charge in [0.25, 0.3) is 0 Å². The van der Waals surface area contributed by atoms with Gasteiger partial charge in [-0.2, -0.15) is 0 Å². The first-order chi connectivity index (χ1) is 24.4. The lowest BCUT2D eigenvalue weighted by atomic mass is 9.77. The second-order valence-electron chi connectivity index (χ2n) is 17.3. The zero-order chi connectivity index (χ0) is 40.4. The van der Waals surface area contributed by atoms with Crippen LogP contribution in [0.4, 0.5) is 0 Å². The molecule has 3 heterocycles. The van der Waals surface area contributed by atoms with Crippen LogP contribution in [0.3, 0.4) is 0 Å². The SMILES string of the molecule is CO[C@]1(C)C[C@H](O[C@H]2[C@H](C)[C@@H](O[C@@H]3O[C@H](C)C[C@H](N(C)C)[C@H]3O)[C@](C)(O)C[C@@H](C)CN(C)[C@H](C)[C@@H](O)[C@](C)(O)[C@@H](CCO)OC(=O)[C@@H]2C)O[C@@H](C)[C@@H]1O. The molecule has 53 heavy (non-hydrogen) atoms. The van der Waals surface area contributed by atoms with Crippen LogP contribution in [0.2, 0.25) is 0 Å². The number of nitrogens with zero attached hydrogens (tertiary/aromatic N) is 2. The van der Waals surface area contributed by atoms with E-state index in [9.17, 15) is 35.4 Å². The zero-order valence-corrected chi connectivity index (χ0v) is 34.3. The highest BCUT2D eigenvalue weighted by Crippen LogP contribution is 2.40. The largest absolute Gasteiger partial charge is 0.459 e. The molecule has 3 saturated heterocycles. The number of methoxy groups -OCH3 is 1. The molecule has 3 rings (SSSR count). The molecule has 3 fully saturated rings. The molecular formula is C38H72N2O13. The van der Waals surface area contributed by atoms with E-state index in [0.29, 0.717) is 13.0 Å². The molecule has 0 unspecified atom stereocenters. The van der Waals surface area contributed by atoms with Gasteiger partial charge in [0.05, 0.1) is 41.5 Å². The third-order valence-corrected chi connectivity index (χ3v) is 12.2. The highest BCUT2D eigenvalue weighted by atomic mass is 16.7. The second-order valence-corrected chi connectivity index (χ2v) is 17.3. The fourth-order valence-corrected chi connectivity index (χ4v) is 8.71. The summed E-state index contributed by atoms with van der Waals surface area (Å²) in [6.45, 7) is 15.5. The van der Waals surface area contributed by atoms with Crippen LogP contribution < -0.4 is 0 Å². The Hall–Kier alpha value is -1.05. The molecule has 0 saturated carbocycles. The molecule has 312 valence electrons. The Morgan fingerprint density at radius 1 is 0.943 bits per heavy atom. The molecule has 15 nitrogen and oxygen atoms in total. The van der Waals surface area contributed by atoms with Crippen LogP contribution in [0, 0.1) is 17.8 Å². The highest BCUT2D eigenvalue weighted by Gasteiger charge is 2.52. The predicted molar refractivity (Wildman–Crippen MR) is 196 cm³/mol. The molecule has 15 heteroatoms. The van der Waals surface area contributed by atoms with E-state index in [1.54, 1.807) is 48.6 Å². The molecule has 0 aromatic rings. The zero-order valence-electron chi connectivity index (χ0n) is 34.3. The van der Waals surface area contributed by atoms with Gasteiger partial charge < -0.3 is 68.9 Å². The number of esters is 1. The van der Waals surface area contributed by atoms with Gasteiger partial charge in [-0.05, 0) is 88.4 Å². The summed E-state index contributed by atoms with van der Waals surface area (Å²) >= 11 is 0. The average molecular weight is 765 g/mol. The van der Waals surface area contributed by atoms with E-state index >= 15 is 0 Å². The van der Waals surface area contributed by atoms with Gasteiger partial charge in [-0.25, -0.2) is 0 Å². The first-order valence-electron chi connectivity index (χ1n) is 19.3. The molecule has 0 aromatic carbocycles. The van der Waals surface area contributed by atoms with Crippen molar-refractivity contribution in [1.82, 2.24) is 9.80 Å². The average Bonchev–Trinajstić information content (AvgIpc) is 3.07. The summed E-state index contributed by atoms with van der Waals surface area (Å²) in [5.41, 5.74) is -4.60. The van der Waals surface area contributed by atoms with E-state index in [1.807, 2.05) is 37.7 Å². The number of hydrogen-bond acceptors (Lipinski definition) is 15. The normalized spacial score (nSPS) is 48.9. The number of carbonyl (C=O) groups is 1. The Morgan fingerprint density at radius 2 is 1.57 bits per heavy atom. The summed E-state index contributed by atoms with van der Waals surface area (Å²) in [4.78, 5) is 18.0. The van der Waals surface area contributed by atoms with Gasteiger partial charge in [-0.3, -0.25) is 4.79 Å². The van der Waals surface area contributed by atoms with Gasteiger partial charge in [-0.1, -0.05) is 13.8 Å². The molecule has 0 amide bonds. The van der Waals surface area contributed by atoms with Crippen molar-refractivity contribution in [2.45, 2.75) is 178 Å². The van der Waals surface area contributed by atoms with Crippen molar-refractivity contribution in [3.63, 3.8) is 0 Å². The smallest absolute Gasteiger partial charge is 0.311 e. The van der Waals surface area contributed by atoms with Gasteiger partial charge >= 0.3 is 5.97 Å². The van der Waals surface area contributed by atoms with Crippen molar-refractivity contribution in [1.29, 1.82) is 0 Å². The molecule has 6 N–H and O–H groups in total. The molecule has 0 radical (unpaired) electrons. The highest BCUT2D eigenvalue weighted by molar-refractivity contribution is 5.73. The lowest BCUT2D eigenvalue weighted by Crippen LogP contribution is -2.60. The summed E-state index contributed by atoms with van der Waals surface area (Å²) in [5, 5.41) is 68.2. The van der Waals surface area contributed by atoms with Gasteiger partial charge in [0.1, 0.15) is 30.0 Å². The minimum absolute atomic E-state index is 0.101. The maximum Gasteiger partial charge on any atom is 0.311 e. The van der Waals surface area contributed by atoms with Gasteiger partial charge in [-0.15, -0.1) is 0 Å². The lowest BCUT2D eigenvalue weighted by Gasteiger charge is -2.48. The first kappa shape index (κ1) is 46.3. The lowest BCUT2D eigenvalue weighted by molar-refractivity contribution is -0.318. The molecule has 0 bridgehead atoms. The maximum absolute atomic E-state index is 14.2. The summed E-state index contributed by atoms with van der Waals surface area (Å²) in [5.74, 6) is -2.86. The maximum atomic E-state index is 14.2. The van der Waals surface area contributed by atoms with Crippen LogP contribution in [-0.4, -0.2) is 178 Å². The number of carbonyl (C=O) groups excluding carboxylic acids is 1. The minimum Gasteiger partial charge on any atom is -0.459 e. The number of aliphatic hydroxyl groups is 6. The van der Waals surface area contributed by atoms with E-state index in [2.05, 4.69) is 0 Å². The fraction of sp³-hybridized carbons (Fsp3) is 0.974. The first-order valence-corrected chi connectivity index (χ1v) is 19.3. The number of likely N-dealkylation sites (N-methyl/N-ethyl adjacent to an activating group) is 2. The van der Waals surface area contributed by atoms with Crippen molar-refractivity contribution >= 4 is 5.97 Å². The fourth-order valence-electron chi connectivity index (χ4n) is 8.71. The van der Waals surface area contributed by atoms with Crippen molar-refractivity contribution in [2.24, 2.45) is 17.8 Å². The Bertz CT molecular complexity index is 1160. The standard InChI is InChI=1S/C38H72N2O13/c1-20-17-36(7,46)33(53-35-29(42)26(39(10)11)16-21(2)49-35)22(3)30(52-28-18-37(8,48-13)32(44)25(6)50-28)23(4)34(45)51-27(14-15-41)38(9,47)31(43)24(5)40(12)19-20/h20-33,35,41-44,46-47H,14-19H2,1-13H3/t20-,21-,22+,23-,24-,25+,26+,27-,28+,29-,30+,31-,32+,33-,35+,36-,37-,38-/m1/s1. The van der Waals surface area contributed by atoms with E-state index < -0.39 is 103 Å². The Labute approximate surface area is 316 Å². The number of cyclic esters (lactones) is 1. The summed E-state index contributed by atoms with van der Waals surface area (Å²) < 4.78 is 37.4. The molecule has 3 aliphatic heterocycles. The van der Waals surface area contributed by atoms with Crippen LogP contribution in [0.5, 0.6) is 0 Å². The minimum atomic E-state index is -1.96. The van der Waals surface area contributed by atoms with Crippen LogP contribution in [0.15, 0.2) is 0 Å². The van der Waals surface area contributed by atoms with Gasteiger partial charge in [0, 0.05) is 51.1 Å². The molecule has 18 atom stereocenters. The Morgan fingerprint density at radius 3 is 2.13 bits per heavy atom. The number of ether oxygens (including phenoxy) is 6. The molecule has 0 aliphatic carbocycles. The van der Waals surface area contributed by atoms with Crippen molar-refractivity contribution in [3.8, 4) is 0 Å². The third-order valence-electron chi connectivity index (χ3n) is 12.2. The van der Waals surface area contributed by atoms with Crippen LogP contribution in [-0.2, 0) is 33.2 Å². The molecule has 0 spiro atoms. The number of hydrogen-bond donors (Lipinski definition) is 6. The van der Waals surface area contributed by atoms with Gasteiger partial charge in [0.2, 0.25) is 0 Å². The van der Waals surface area contributed by atoms with Crippen LogP contribution in [0.25, 0.3) is 0 Å². The number of rotatable bonds is 8. The summed E-state index contributed by atoms with van der Waals surface area (Å²) in [6.07, 6.45) is -9.26. The van der Waals surface area contributed by atoms with Crippen molar-refractivity contribution in [2.75, 3.05) is 41.4 Å². The topological polar surface area (TPSA) is 200 Å². The Kier molecular flexibility index (Phi) is 16.2. The van der Waals surface area contributed by atoms with E-state index in [0.717, 1.165) is 0 Å². The van der Waals surface area contributed by atoms with Crippen molar-refractivity contribution in [3.05, 3.63) is 0 Å². The molecule has 0 aromatic heterocycles. The third kappa shape index (κ3) is 10.7. The molecular weight excluding hydrogens is 692 g/mol. The predicted octanol–water partition coefficient (Wildman–Crippen LogP) is 0.873. The van der Waals surface area contributed by atoms with Crippen molar-refractivity contribution < 1.29 is 63.9 Å². The number of aliphatic hydroxyl groups excluding tert-OH is 4. The monoisotopic (exact) mass is 765 g/mol. The van der Waals surface area contributed by atoms with Gasteiger partial charge in [0.15, 0.2) is 12.6 Å². The molecule has 3 aliphatic rings. The van der Waals surface area contributed by atoms with Crippen LogP contribution >= 0.6 is 0 Å². The quantitative estimate of drug-likeness (QED) is 0.190. The van der Waals surface area contributed by atoms with Crippen LogP contribution in [0.1, 0.15) is 88.0 Å². The van der Waals surface area contributed by atoms with E-state index in [4.69, 9.17) is 28.4 Å².